The Bertz CT molecular complexity index is 125. The predicted octanol–water partition coefficient (Wildman–Crippen LogP) is -0.215. The van der Waals surface area contributed by atoms with Crippen molar-refractivity contribution in [1.29, 1.82) is 0 Å². The van der Waals surface area contributed by atoms with Gasteiger partial charge in [-0.2, -0.15) is 5.26 Å². The molecule has 1 N–H and O–H groups in total. The van der Waals surface area contributed by atoms with Crippen LogP contribution in [0.4, 0.5) is 0 Å². The molecule has 7 heavy (non-hydrogen) atoms. The first-order valence-corrected chi connectivity index (χ1v) is 1.75. The van der Waals surface area contributed by atoms with Gasteiger partial charge in [-0.1, -0.05) is 4.85 Å². The third-order valence-corrected chi connectivity index (χ3v) is 0.564. The third kappa shape index (κ3) is 0.690. The lowest BCUT2D eigenvalue weighted by molar-refractivity contribution is -0.253. The smallest absolute Gasteiger partial charge is 0.0704 e. The van der Waals surface area contributed by atoms with Crippen molar-refractivity contribution in [2.75, 3.05) is 0 Å². The zero-order valence-electron chi connectivity index (χ0n) is 3.48. The van der Waals surface area contributed by atoms with E-state index >= 15 is 0 Å². The summed E-state index contributed by atoms with van der Waals surface area (Å²) in [5.74, 6) is 0. The first-order chi connectivity index (χ1) is 3.43. The highest BCUT2D eigenvalue weighted by Crippen LogP contribution is 1.74. The summed E-state index contributed by atoms with van der Waals surface area (Å²) in [6.45, 7) is 0. The summed E-state index contributed by atoms with van der Waals surface area (Å²) in [7, 11) is 0. The molecular weight excluding hydrogens is 96.0 g/mol. The monoisotopic (exact) mass is 100 g/mol. The lowest BCUT2D eigenvalue weighted by atomic mass is 10.8. The molecule has 0 spiro atoms. The Kier molecular flexibility index (Phi) is 0.953. The highest BCUT2D eigenvalue weighted by atomic mass is 17.2. The van der Waals surface area contributed by atoms with Crippen LogP contribution in [0.25, 0.3) is 0 Å². The van der Waals surface area contributed by atoms with Gasteiger partial charge >= 0.3 is 0 Å². The average Bonchev–Trinajstić information content (AvgIpc) is 2.14. The summed E-state index contributed by atoms with van der Waals surface area (Å²) in [6, 6.07) is 1.64. The molecule has 0 amide bonds. The second-order valence-electron chi connectivity index (χ2n) is 0.990. The Hall–Kier alpha value is -1.03. The van der Waals surface area contributed by atoms with Gasteiger partial charge in [0.25, 0.3) is 0 Å². The molecule has 0 aliphatic rings. The molecule has 1 rings (SSSR count). The van der Waals surface area contributed by atoms with E-state index in [-0.39, 0.29) is 0 Å². The third-order valence-electron chi connectivity index (χ3n) is 0.564. The molecule has 0 saturated carbocycles. The van der Waals surface area contributed by atoms with Crippen molar-refractivity contribution < 1.29 is 10.2 Å². The maximum Gasteiger partial charge on any atom is 0.0704 e. The molecule has 38 valence electrons. The molecule has 1 heterocycles. The first kappa shape index (κ1) is 4.14. The molecule has 0 atom stereocenters. The van der Waals surface area contributed by atoms with E-state index in [1.54, 1.807) is 6.07 Å². The standard InChI is InChI=1S/C3H4N2O2/c6-7-5-3-1-2-4-5/h1-3,6H. The van der Waals surface area contributed by atoms with E-state index in [0.29, 0.717) is 0 Å². The van der Waals surface area contributed by atoms with E-state index in [1.165, 1.54) is 12.4 Å². The Labute approximate surface area is 39.8 Å². The van der Waals surface area contributed by atoms with Crippen LogP contribution in [0.3, 0.4) is 0 Å². The van der Waals surface area contributed by atoms with Crippen molar-refractivity contribution in [3.05, 3.63) is 18.5 Å². The van der Waals surface area contributed by atoms with Crippen LogP contribution in [0.5, 0.6) is 0 Å². The molecule has 0 bridgehead atoms. The molecule has 0 aliphatic heterocycles. The Morgan fingerprint density at radius 1 is 1.71 bits per heavy atom. The van der Waals surface area contributed by atoms with Gasteiger partial charge in [0.2, 0.25) is 0 Å². The number of rotatable bonds is 1. The van der Waals surface area contributed by atoms with Gasteiger partial charge in [-0.3, -0.25) is 0 Å². The lowest BCUT2D eigenvalue weighted by Gasteiger charge is -1.87. The molecular formula is C3H4N2O2. The molecule has 0 unspecified atom stereocenters. The fourth-order valence-corrected chi connectivity index (χ4v) is 0.303. The summed E-state index contributed by atoms with van der Waals surface area (Å²) in [5.41, 5.74) is 0. The van der Waals surface area contributed by atoms with E-state index in [9.17, 15) is 0 Å². The lowest BCUT2D eigenvalue weighted by Crippen LogP contribution is -2.05. The molecule has 0 fully saturated rings. The summed E-state index contributed by atoms with van der Waals surface area (Å²) in [5, 5.41) is 11.3. The number of hydrogen-bond donors (Lipinski definition) is 1. The van der Waals surface area contributed by atoms with Gasteiger partial charge in [-0.05, 0) is 6.07 Å². The Morgan fingerprint density at radius 3 is 2.86 bits per heavy atom. The molecule has 0 saturated heterocycles. The summed E-state index contributed by atoms with van der Waals surface area (Å²) < 4.78 is 0. The Balaban J connectivity index is 2.76. The van der Waals surface area contributed by atoms with Crippen LogP contribution in [0.1, 0.15) is 0 Å². The molecule has 4 nitrogen and oxygen atoms in total. The fourth-order valence-electron chi connectivity index (χ4n) is 0.303. The van der Waals surface area contributed by atoms with Crippen molar-refractivity contribution in [3.63, 3.8) is 0 Å². The van der Waals surface area contributed by atoms with E-state index in [4.69, 9.17) is 5.26 Å². The van der Waals surface area contributed by atoms with Crippen molar-refractivity contribution in [1.82, 2.24) is 9.94 Å². The summed E-state index contributed by atoms with van der Waals surface area (Å²) in [6.07, 6.45) is 2.97. The topological polar surface area (TPSA) is 47.3 Å². The van der Waals surface area contributed by atoms with E-state index in [0.717, 1.165) is 4.85 Å². The fraction of sp³-hybridized carbons (Fsp3) is 0. The molecule has 0 radical (unpaired) electrons. The molecule has 0 aromatic carbocycles. The maximum atomic E-state index is 7.83. The number of hydrogen-bond acceptors (Lipinski definition) is 3. The van der Waals surface area contributed by atoms with Crippen molar-refractivity contribution >= 4 is 0 Å². The minimum Gasteiger partial charge on any atom is -0.225 e. The van der Waals surface area contributed by atoms with Gasteiger partial charge in [0.1, 0.15) is 0 Å². The van der Waals surface area contributed by atoms with Gasteiger partial charge in [0.05, 0.1) is 12.4 Å². The maximum absolute atomic E-state index is 7.83. The van der Waals surface area contributed by atoms with Crippen LogP contribution in [0.2, 0.25) is 0 Å². The van der Waals surface area contributed by atoms with Crippen LogP contribution < -0.4 is 4.99 Å². The van der Waals surface area contributed by atoms with E-state index in [1.807, 2.05) is 0 Å². The normalized spacial score (nSPS) is 8.71. The van der Waals surface area contributed by atoms with Crippen LogP contribution in [-0.2, 0) is 0 Å². The van der Waals surface area contributed by atoms with E-state index in [2.05, 4.69) is 10.1 Å². The summed E-state index contributed by atoms with van der Waals surface area (Å²) in [4.78, 5) is 4.59. The van der Waals surface area contributed by atoms with Gasteiger partial charge in [-0.15, -0.1) is 5.10 Å². The largest absolute Gasteiger partial charge is 0.225 e. The van der Waals surface area contributed by atoms with Crippen LogP contribution in [0, 0.1) is 0 Å². The first-order valence-electron chi connectivity index (χ1n) is 1.75. The SMILES string of the molecule is OOn1cccn1. The van der Waals surface area contributed by atoms with Gasteiger partial charge in [0, 0.05) is 0 Å². The van der Waals surface area contributed by atoms with Crippen molar-refractivity contribution in [3.8, 4) is 0 Å². The van der Waals surface area contributed by atoms with Crippen LogP contribution in [0.15, 0.2) is 18.5 Å². The van der Waals surface area contributed by atoms with Crippen molar-refractivity contribution in [2.24, 2.45) is 0 Å². The van der Waals surface area contributed by atoms with E-state index < -0.39 is 0 Å². The molecule has 1 aromatic heterocycles. The quantitative estimate of drug-likeness (QED) is 0.392. The number of aromatic nitrogens is 2. The molecule has 0 aliphatic carbocycles. The predicted molar refractivity (Wildman–Crippen MR) is 21.4 cm³/mol. The zero-order valence-corrected chi connectivity index (χ0v) is 3.48. The van der Waals surface area contributed by atoms with Crippen molar-refractivity contribution in [2.45, 2.75) is 0 Å². The minimum atomic E-state index is 0.931. The van der Waals surface area contributed by atoms with Crippen LogP contribution >= 0.6 is 0 Å². The Morgan fingerprint density at radius 2 is 2.57 bits per heavy atom. The summed E-state index contributed by atoms with van der Waals surface area (Å²) >= 11 is 0. The van der Waals surface area contributed by atoms with Gasteiger partial charge < -0.3 is 0 Å². The highest BCUT2D eigenvalue weighted by molar-refractivity contribution is 4.74. The highest BCUT2D eigenvalue weighted by Gasteiger charge is 1.79. The van der Waals surface area contributed by atoms with Crippen LogP contribution in [-0.4, -0.2) is 15.2 Å². The molecule has 4 heteroatoms. The minimum absolute atomic E-state index is 0.931. The van der Waals surface area contributed by atoms with Gasteiger partial charge in [-0.25, -0.2) is 4.99 Å². The average molecular weight is 100 g/mol. The molecule has 1 aromatic rings. The van der Waals surface area contributed by atoms with Gasteiger partial charge in [0.15, 0.2) is 0 Å². The second-order valence-corrected chi connectivity index (χ2v) is 0.990. The number of nitrogens with zero attached hydrogens (tertiary/aromatic N) is 2. The zero-order chi connectivity index (χ0) is 5.11. The second kappa shape index (κ2) is 1.61.